The molecule has 0 aromatic rings. The Labute approximate surface area is 199 Å². The maximum Gasteiger partial charge on any atom is 2.00 e. The van der Waals surface area contributed by atoms with Gasteiger partial charge in [0, 0.05) is 26.2 Å². The van der Waals surface area contributed by atoms with Crippen LogP contribution in [0.5, 0.6) is 0 Å². The Balaban J connectivity index is -0.000000595. The first-order valence-electron chi connectivity index (χ1n) is 9.46. The zero-order chi connectivity index (χ0) is 23.6. The SMILES string of the molecule is CN1CCCNCCN(CCCN)CCCN(C)CC1.[Cu+2].[O-][Cl+3]([O-])([O-])[O-].[O-][Cl+3]([O-])([O-])[O-]. The van der Waals surface area contributed by atoms with E-state index in [1.807, 2.05) is 0 Å². The van der Waals surface area contributed by atoms with Gasteiger partial charge in [0.1, 0.15) is 0 Å². The fraction of sp³-hybridized carbons (Fsp3) is 1.00. The van der Waals surface area contributed by atoms with E-state index in [0.29, 0.717) is 0 Å². The molecule has 13 nitrogen and oxygen atoms in total. The summed E-state index contributed by atoms with van der Waals surface area (Å²) in [5, 5.41) is 3.56. The van der Waals surface area contributed by atoms with Crippen LogP contribution in [0.25, 0.3) is 0 Å². The monoisotopic (exact) mass is 546 g/mol. The van der Waals surface area contributed by atoms with Gasteiger partial charge in [-0.25, -0.2) is 37.3 Å². The second kappa shape index (κ2) is 21.1. The largest absolute Gasteiger partial charge is 2.00 e. The summed E-state index contributed by atoms with van der Waals surface area (Å²) in [6.45, 7) is 11.3. The molecule has 1 aliphatic heterocycles. The summed E-state index contributed by atoms with van der Waals surface area (Å²) >= 11 is 0. The molecule has 0 aromatic carbocycles. The molecular formula is C15H35Cl2CuN5O8. The standard InChI is InChI=1S/C15H35N5.2ClHO4.Cu/c1-18-9-4-7-17-8-13-20(11-3-6-16)12-5-10-19(2)15-14-18;2*2-1(3,4)5;/h17H,3-16H2,1-2H3;2*(H,2,3,4,5);/q;;;+2/p-2. The van der Waals surface area contributed by atoms with Crippen molar-refractivity contribution >= 4 is 0 Å². The van der Waals surface area contributed by atoms with Gasteiger partial charge in [-0.05, 0) is 72.6 Å². The van der Waals surface area contributed by atoms with Crippen molar-refractivity contribution in [3.8, 4) is 0 Å². The first-order valence-corrected chi connectivity index (χ1v) is 11.9. The van der Waals surface area contributed by atoms with E-state index in [1.165, 1.54) is 45.6 Å². The molecule has 3 N–H and O–H groups in total. The Morgan fingerprint density at radius 3 is 1.61 bits per heavy atom. The Kier molecular flexibility index (Phi) is 24.6. The summed E-state index contributed by atoms with van der Waals surface area (Å²) in [4.78, 5) is 7.46. The predicted octanol–water partition coefficient (Wildman–Crippen LogP) is -9.63. The average Bonchev–Trinajstić information content (AvgIpc) is 2.56. The molecule has 0 spiro atoms. The number of hydrogen-bond donors (Lipinski definition) is 2. The number of rotatable bonds is 3. The first-order chi connectivity index (χ1) is 13.7. The molecule has 0 atom stereocenters. The summed E-state index contributed by atoms with van der Waals surface area (Å²) in [5.41, 5.74) is 5.64. The van der Waals surface area contributed by atoms with E-state index in [2.05, 4.69) is 34.1 Å². The molecule has 16 heteroatoms. The first kappa shape index (κ1) is 36.2. The van der Waals surface area contributed by atoms with Crippen molar-refractivity contribution in [3.63, 3.8) is 0 Å². The smallest absolute Gasteiger partial charge is 0.330 e. The van der Waals surface area contributed by atoms with Gasteiger partial charge in [-0.3, -0.25) is 0 Å². The van der Waals surface area contributed by atoms with E-state index in [0.717, 1.165) is 39.1 Å². The topological polar surface area (TPSA) is 232 Å². The molecule has 1 radical (unpaired) electrons. The number of nitrogens with zero attached hydrogens (tertiary/aromatic N) is 3. The minimum Gasteiger partial charge on any atom is -0.330 e. The van der Waals surface area contributed by atoms with Crippen molar-refractivity contribution in [1.29, 1.82) is 0 Å². The van der Waals surface area contributed by atoms with E-state index in [-0.39, 0.29) is 17.1 Å². The molecule has 1 saturated heterocycles. The van der Waals surface area contributed by atoms with Crippen LogP contribution in [0.2, 0.25) is 0 Å². The van der Waals surface area contributed by atoms with Gasteiger partial charge in [0.05, 0.1) is 0 Å². The van der Waals surface area contributed by atoms with E-state index in [9.17, 15) is 0 Å². The van der Waals surface area contributed by atoms with Crippen LogP contribution in [0.15, 0.2) is 0 Å². The van der Waals surface area contributed by atoms with Gasteiger partial charge in [0.15, 0.2) is 0 Å². The predicted molar refractivity (Wildman–Crippen MR) is 87.2 cm³/mol. The summed E-state index contributed by atoms with van der Waals surface area (Å²) in [6, 6.07) is 0. The van der Waals surface area contributed by atoms with E-state index in [4.69, 9.17) is 43.0 Å². The molecule has 0 aliphatic carbocycles. The number of halogens is 2. The molecule has 0 unspecified atom stereocenters. The molecule has 0 bridgehead atoms. The van der Waals surface area contributed by atoms with Crippen molar-refractivity contribution in [2.45, 2.75) is 19.3 Å². The Hall–Kier alpha value is 0.579. The quantitative estimate of drug-likeness (QED) is 0.313. The third-order valence-electron chi connectivity index (χ3n) is 4.05. The van der Waals surface area contributed by atoms with Gasteiger partial charge in [-0.15, -0.1) is 20.5 Å². The van der Waals surface area contributed by atoms with Crippen molar-refractivity contribution < 1.29 is 74.8 Å². The summed E-state index contributed by atoms with van der Waals surface area (Å²) < 4.78 is 67.9. The normalized spacial score (nSPS) is 19.1. The summed E-state index contributed by atoms with van der Waals surface area (Å²) in [7, 11) is -5.42. The molecule has 0 amide bonds. The average molecular weight is 548 g/mol. The molecule has 0 saturated carbocycles. The minimum absolute atomic E-state index is 0. The summed E-state index contributed by atoms with van der Waals surface area (Å²) in [6.07, 6.45) is 3.61. The van der Waals surface area contributed by atoms with Gasteiger partial charge in [0.25, 0.3) is 0 Å². The maximum atomic E-state index is 8.49. The van der Waals surface area contributed by atoms with Gasteiger partial charge >= 0.3 is 17.1 Å². The number of nitrogens with two attached hydrogens (primary N) is 1. The van der Waals surface area contributed by atoms with Gasteiger partial charge < -0.3 is 25.8 Å². The molecule has 193 valence electrons. The Morgan fingerprint density at radius 2 is 1.16 bits per heavy atom. The van der Waals surface area contributed by atoms with Crippen molar-refractivity contribution in [2.24, 2.45) is 5.73 Å². The van der Waals surface area contributed by atoms with Gasteiger partial charge in [-0.1, -0.05) is 0 Å². The summed E-state index contributed by atoms with van der Waals surface area (Å²) in [5.74, 6) is 0. The number of nitrogens with one attached hydrogen (secondary N) is 1. The number of hydrogen-bond acceptors (Lipinski definition) is 13. The van der Waals surface area contributed by atoms with E-state index >= 15 is 0 Å². The second-order valence-electron chi connectivity index (χ2n) is 6.80. The van der Waals surface area contributed by atoms with Crippen LogP contribution in [0.1, 0.15) is 19.3 Å². The van der Waals surface area contributed by atoms with Crippen LogP contribution in [-0.2, 0) is 17.1 Å². The van der Waals surface area contributed by atoms with Crippen molar-refractivity contribution in [1.82, 2.24) is 20.0 Å². The van der Waals surface area contributed by atoms with Crippen molar-refractivity contribution in [2.75, 3.05) is 79.5 Å². The van der Waals surface area contributed by atoms with Crippen LogP contribution in [-0.4, -0.2) is 94.2 Å². The fourth-order valence-electron chi connectivity index (χ4n) is 2.62. The van der Waals surface area contributed by atoms with E-state index < -0.39 is 20.5 Å². The molecule has 0 aromatic heterocycles. The van der Waals surface area contributed by atoms with Gasteiger partial charge in [0.2, 0.25) is 0 Å². The van der Waals surface area contributed by atoms with Crippen LogP contribution >= 0.6 is 0 Å². The fourth-order valence-corrected chi connectivity index (χ4v) is 2.62. The van der Waals surface area contributed by atoms with Crippen molar-refractivity contribution in [3.05, 3.63) is 0 Å². The third kappa shape index (κ3) is 41.3. The molecule has 1 rings (SSSR count). The Morgan fingerprint density at radius 1 is 0.710 bits per heavy atom. The number of likely N-dealkylation sites (N-methyl/N-ethyl adjacent to an activating group) is 2. The molecule has 1 fully saturated rings. The molecular weight excluding hydrogens is 513 g/mol. The van der Waals surface area contributed by atoms with Crippen LogP contribution in [0, 0.1) is 20.5 Å². The molecule has 1 aliphatic rings. The van der Waals surface area contributed by atoms with E-state index in [1.54, 1.807) is 0 Å². The van der Waals surface area contributed by atoms with Crippen LogP contribution in [0.4, 0.5) is 0 Å². The third-order valence-corrected chi connectivity index (χ3v) is 4.05. The van der Waals surface area contributed by atoms with Crippen LogP contribution in [0.3, 0.4) is 0 Å². The molecule has 31 heavy (non-hydrogen) atoms. The minimum atomic E-state index is -4.94. The zero-order valence-corrected chi connectivity index (χ0v) is 20.4. The van der Waals surface area contributed by atoms with Gasteiger partial charge in [-0.2, -0.15) is 0 Å². The Bertz CT molecular complexity index is 373. The zero-order valence-electron chi connectivity index (χ0n) is 17.9. The molecule has 1 heterocycles. The maximum absolute atomic E-state index is 8.49. The second-order valence-corrected chi connectivity index (χ2v) is 8.32. The van der Waals surface area contributed by atoms with Crippen LogP contribution < -0.4 is 48.3 Å².